The molecular formula is C10H15N5O2. The summed E-state index contributed by atoms with van der Waals surface area (Å²) in [7, 11) is 1.50. The van der Waals surface area contributed by atoms with Gasteiger partial charge in [-0.05, 0) is 13.0 Å². The Bertz CT molecular complexity index is 421. The number of aromatic nitrogens is 1. The summed E-state index contributed by atoms with van der Waals surface area (Å²) in [6.45, 7) is 1.59. The summed E-state index contributed by atoms with van der Waals surface area (Å²) < 4.78 is 0. The molecule has 1 unspecified atom stereocenters. The fourth-order valence-corrected chi connectivity index (χ4v) is 1.26. The van der Waals surface area contributed by atoms with E-state index < -0.39 is 11.9 Å². The van der Waals surface area contributed by atoms with Gasteiger partial charge in [0.25, 0.3) is 5.91 Å². The van der Waals surface area contributed by atoms with E-state index in [9.17, 15) is 9.59 Å². The van der Waals surface area contributed by atoms with Crippen LogP contribution in [0, 0.1) is 0 Å². The van der Waals surface area contributed by atoms with E-state index in [1.165, 1.54) is 25.5 Å². The summed E-state index contributed by atoms with van der Waals surface area (Å²) in [5, 5.41) is 4.99. The van der Waals surface area contributed by atoms with E-state index in [0.717, 1.165) is 0 Å². The Balaban J connectivity index is 2.79. The van der Waals surface area contributed by atoms with Crippen LogP contribution in [0.4, 0.5) is 5.69 Å². The second kappa shape index (κ2) is 5.80. The number of carbonyl (C=O) groups excluding carboxylic acids is 2. The van der Waals surface area contributed by atoms with Crippen LogP contribution in [0.15, 0.2) is 18.5 Å². The molecule has 0 saturated carbocycles. The standard InChI is InChI=1S/C10H15N5O2/c1-6(9(16)12-2)14-10(17)7-3-4-13-5-8(7)15-11/h3-6,15H,11H2,1-2H3,(H,12,16)(H,14,17). The van der Waals surface area contributed by atoms with Crippen molar-refractivity contribution in [2.75, 3.05) is 12.5 Å². The van der Waals surface area contributed by atoms with E-state index in [0.29, 0.717) is 11.3 Å². The Morgan fingerprint density at radius 3 is 2.76 bits per heavy atom. The molecule has 2 amide bonds. The molecule has 7 heteroatoms. The average molecular weight is 237 g/mol. The van der Waals surface area contributed by atoms with Crippen molar-refractivity contribution in [3.63, 3.8) is 0 Å². The Hall–Kier alpha value is -2.15. The largest absolute Gasteiger partial charge is 0.357 e. The fraction of sp³-hybridized carbons (Fsp3) is 0.300. The van der Waals surface area contributed by atoms with Gasteiger partial charge in [0.15, 0.2) is 0 Å². The normalized spacial score (nSPS) is 11.5. The van der Waals surface area contributed by atoms with Gasteiger partial charge in [-0.15, -0.1) is 0 Å². The number of nitrogens with two attached hydrogens (primary N) is 1. The molecule has 0 aliphatic rings. The summed E-state index contributed by atoms with van der Waals surface area (Å²) in [6.07, 6.45) is 2.90. The third-order valence-electron chi connectivity index (χ3n) is 2.21. The van der Waals surface area contributed by atoms with Crippen LogP contribution in [0.5, 0.6) is 0 Å². The van der Waals surface area contributed by atoms with Crippen LogP contribution in [0.3, 0.4) is 0 Å². The lowest BCUT2D eigenvalue weighted by Gasteiger charge is -2.13. The maximum atomic E-state index is 11.8. The van der Waals surface area contributed by atoms with Crippen LogP contribution in [0.1, 0.15) is 17.3 Å². The van der Waals surface area contributed by atoms with Gasteiger partial charge >= 0.3 is 0 Å². The van der Waals surface area contributed by atoms with Crippen molar-refractivity contribution in [1.82, 2.24) is 15.6 Å². The number of hydrogen-bond donors (Lipinski definition) is 4. The van der Waals surface area contributed by atoms with E-state index in [2.05, 4.69) is 21.0 Å². The molecule has 0 radical (unpaired) electrons. The number of hydrogen-bond acceptors (Lipinski definition) is 5. The van der Waals surface area contributed by atoms with Gasteiger partial charge in [-0.25, -0.2) is 0 Å². The second-order valence-corrected chi connectivity index (χ2v) is 3.37. The highest BCUT2D eigenvalue weighted by Gasteiger charge is 2.17. The molecule has 0 aliphatic heterocycles. The SMILES string of the molecule is CNC(=O)C(C)NC(=O)c1ccncc1NN. The van der Waals surface area contributed by atoms with Crippen LogP contribution in [-0.2, 0) is 4.79 Å². The molecule has 0 fully saturated rings. The first-order valence-electron chi connectivity index (χ1n) is 5.03. The number of carbonyl (C=O) groups is 2. The molecule has 5 N–H and O–H groups in total. The third-order valence-corrected chi connectivity index (χ3v) is 2.21. The number of pyridine rings is 1. The number of amides is 2. The predicted octanol–water partition coefficient (Wildman–Crippen LogP) is -0.768. The minimum atomic E-state index is -0.619. The maximum absolute atomic E-state index is 11.8. The molecule has 92 valence electrons. The maximum Gasteiger partial charge on any atom is 0.254 e. The van der Waals surface area contributed by atoms with Crippen molar-refractivity contribution < 1.29 is 9.59 Å². The monoisotopic (exact) mass is 237 g/mol. The third kappa shape index (κ3) is 3.15. The summed E-state index contributed by atoms with van der Waals surface area (Å²) in [5.41, 5.74) is 3.10. The van der Waals surface area contributed by atoms with Crippen LogP contribution < -0.4 is 21.9 Å². The number of rotatable bonds is 4. The Morgan fingerprint density at radius 2 is 2.18 bits per heavy atom. The van der Waals surface area contributed by atoms with Crippen LogP contribution in [0.25, 0.3) is 0 Å². The van der Waals surface area contributed by atoms with Crippen molar-refractivity contribution in [1.29, 1.82) is 0 Å². The van der Waals surface area contributed by atoms with Gasteiger partial charge in [0.05, 0.1) is 17.4 Å². The molecule has 0 spiro atoms. The minimum absolute atomic E-state index is 0.269. The Kier molecular flexibility index (Phi) is 4.41. The number of nitrogen functional groups attached to an aromatic ring is 1. The zero-order valence-corrected chi connectivity index (χ0v) is 9.65. The number of anilines is 1. The van der Waals surface area contributed by atoms with Crippen molar-refractivity contribution >= 4 is 17.5 Å². The summed E-state index contributed by atoms with van der Waals surface area (Å²) in [5.74, 6) is 4.59. The van der Waals surface area contributed by atoms with Gasteiger partial charge in [-0.2, -0.15) is 0 Å². The Labute approximate surface area is 98.8 Å². The molecule has 17 heavy (non-hydrogen) atoms. The minimum Gasteiger partial charge on any atom is -0.357 e. The molecule has 0 saturated heterocycles. The van der Waals surface area contributed by atoms with Crippen LogP contribution >= 0.6 is 0 Å². The molecule has 7 nitrogen and oxygen atoms in total. The zero-order valence-electron chi connectivity index (χ0n) is 9.65. The lowest BCUT2D eigenvalue weighted by Crippen LogP contribution is -2.43. The highest BCUT2D eigenvalue weighted by Crippen LogP contribution is 2.11. The van der Waals surface area contributed by atoms with Gasteiger partial charge in [0.2, 0.25) is 5.91 Å². The summed E-state index contributed by atoms with van der Waals surface area (Å²) in [6, 6.07) is 0.896. The van der Waals surface area contributed by atoms with Gasteiger partial charge in [0, 0.05) is 13.2 Å². The lowest BCUT2D eigenvalue weighted by atomic mass is 10.2. The first kappa shape index (κ1) is 12.9. The zero-order chi connectivity index (χ0) is 12.8. The first-order chi connectivity index (χ1) is 8.10. The molecule has 1 rings (SSSR count). The van der Waals surface area contributed by atoms with E-state index in [1.54, 1.807) is 6.92 Å². The van der Waals surface area contributed by atoms with Gasteiger partial charge < -0.3 is 16.1 Å². The number of nitrogens with zero attached hydrogens (tertiary/aromatic N) is 1. The van der Waals surface area contributed by atoms with Crippen LogP contribution in [0.2, 0.25) is 0 Å². The molecule has 1 atom stereocenters. The summed E-state index contributed by atoms with van der Waals surface area (Å²) in [4.78, 5) is 26.9. The predicted molar refractivity (Wildman–Crippen MR) is 63.0 cm³/mol. The number of likely N-dealkylation sites (N-methyl/N-ethyl adjacent to an activating group) is 1. The number of nitrogens with one attached hydrogen (secondary N) is 3. The smallest absolute Gasteiger partial charge is 0.254 e. The number of hydrazine groups is 1. The van der Waals surface area contributed by atoms with E-state index in [1.807, 2.05) is 0 Å². The molecule has 1 heterocycles. The molecule has 1 aromatic heterocycles. The quantitative estimate of drug-likeness (QED) is 0.406. The van der Waals surface area contributed by atoms with Crippen molar-refractivity contribution in [3.8, 4) is 0 Å². The highest BCUT2D eigenvalue weighted by molar-refractivity contribution is 6.01. The molecule has 0 aliphatic carbocycles. The Morgan fingerprint density at radius 1 is 1.47 bits per heavy atom. The van der Waals surface area contributed by atoms with E-state index in [4.69, 9.17) is 5.84 Å². The van der Waals surface area contributed by atoms with Crippen molar-refractivity contribution in [3.05, 3.63) is 24.0 Å². The van der Waals surface area contributed by atoms with Gasteiger partial charge in [-0.3, -0.25) is 20.4 Å². The van der Waals surface area contributed by atoms with E-state index in [-0.39, 0.29) is 5.91 Å². The molecule has 1 aromatic rings. The molecule has 0 aromatic carbocycles. The van der Waals surface area contributed by atoms with Crippen LogP contribution in [-0.4, -0.2) is 29.9 Å². The molecule has 0 bridgehead atoms. The van der Waals surface area contributed by atoms with Gasteiger partial charge in [-0.1, -0.05) is 0 Å². The van der Waals surface area contributed by atoms with Crippen molar-refractivity contribution in [2.45, 2.75) is 13.0 Å². The first-order valence-corrected chi connectivity index (χ1v) is 5.03. The topological polar surface area (TPSA) is 109 Å². The van der Waals surface area contributed by atoms with Crippen molar-refractivity contribution in [2.24, 2.45) is 5.84 Å². The lowest BCUT2D eigenvalue weighted by molar-refractivity contribution is -0.122. The van der Waals surface area contributed by atoms with E-state index >= 15 is 0 Å². The highest BCUT2D eigenvalue weighted by atomic mass is 16.2. The van der Waals surface area contributed by atoms with Gasteiger partial charge in [0.1, 0.15) is 6.04 Å². The summed E-state index contributed by atoms with van der Waals surface area (Å²) >= 11 is 0. The second-order valence-electron chi connectivity index (χ2n) is 3.37. The average Bonchev–Trinajstić information content (AvgIpc) is 2.37. The fourth-order valence-electron chi connectivity index (χ4n) is 1.26. The molecular weight excluding hydrogens is 222 g/mol.